The number of pyridine rings is 2. The summed E-state index contributed by atoms with van der Waals surface area (Å²) in [5.74, 6) is 0.309. The average molecular weight is 398 g/mol. The number of aryl methyl sites for hydroxylation is 1. The van der Waals surface area contributed by atoms with Gasteiger partial charge >= 0.3 is 0 Å². The van der Waals surface area contributed by atoms with Gasteiger partial charge in [0.05, 0.1) is 16.9 Å². The molecule has 0 spiro atoms. The number of hydrogen-bond acceptors (Lipinski definition) is 4. The van der Waals surface area contributed by atoms with E-state index in [2.05, 4.69) is 20.4 Å². The predicted octanol–water partition coefficient (Wildman–Crippen LogP) is 4.85. The van der Waals surface area contributed by atoms with Gasteiger partial charge in [-0.05, 0) is 43.3 Å². The van der Waals surface area contributed by atoms with Gasteiger partial charge in [-0.25, -0.2) is 13.9 Å². The van der Waals surface area contributed by atoms with E-state index in [0.29, 0.717) is 18.1 Å². The zero-order valence-corrected chi connectivity index (χ0v) is 16.3. The first-order valence-electron chi connectivity index (χ1n) is 9.62. The molecule has 0 atom stereocenters. The number of anilines is 1. The van der Waals surface area contributed by atoms with E-state index in [-0.39, 0.29) is 5.82 Å². The number of aromatic amines is 1. The Hall–Kier alpha value is -4.00. The average Bonchev–Trinajstić information content (AvgIpc) is 3.39. The molecule has 0 aliphatic heterocycles. The highest BCUT2D eigenvalue weighted by Gasteiger charge is 2.16. The molecule has 0 aliphatic rings. The van der Waals surface area contributed by atoms with E-state index < -0.39 is 0 Å². The van der Waals surface area contributed by atoms with Crippen LogP contribution in [0.25, 0.3) is 28.2 Å². The van der Waals surface area contributed by atoms with Crippen LogP contribution in [0.5, 0.6) is 0 Å². The third kappa shape index (κ3) is 3.41. The third-order valence-electron chi connectivity index (χ3n) is 4.93. The van der Waals surface area contributed by atoms with Crippen molar-refractivity contribution in [2.24, 2.45) is 0 Å². The number of nitrogens with one attached hydrogen (secondary N) is 2. The molecular formula is C23H19FN6. The highest BCUT2D eigenvalue weighted by molar-refractivity contribution is 5.80. The van der Waals surface area contributed by atoms with Crippen molar-refractivity contribution >= 4 is 11.5 Å². The summed E-state index contributed by atoms with van der Waals surface area (Å²) in [6.45, 7) is 2.27. The van der Waals surface area contributed by atoms with Crippen molar-refractivity contribution in [2.75, 3.05) is 5.32 Å². The van der Waals surface area contributed by atoms with E-state index in [1.54, 1.807) is 22.8 Å². The van der Waals surface area contributed by atoms with E-state index in [0.717, 1.165) is 33.9 Å². The number of H-pyrrole nitrogens is 1. The second-order valence-corrected chi connectivity index (χ2v) is 7.03. The summed E-state index contributed by atoms with van der Waals surface area (Å²) in [6, 6.07) is 18.5. The minimum Gasteiger partial charge on any atom is -0.352 e. The maximum Gasteiger partial charge on any atom is 0.201 e. The van der Waals surface area contributed by atoms with E-state index >= 15 is 0 Å². The normalized spacial score (nSPS) is 11.1. The maximum absolute atomic E-state index is 14.0. The molecule has 6 nitrogen and oxygen atoms in total. The zero-order chi connectivity index (χ0) is 20.5. The Morgan fingerprint density at radius 1 is 1.03 bits per heavy atom. The Balaban J connectivity index is 1.56. The van der Waals surface area contributed by atoms with Gasteiger partial charge in [-0.1, -0.05) is 24.3 Å². The highest BCUT2D eigenvalue weighted by atomic mass is 19.1. The summed E-state index contributed by atoms with van der Waals surface area (Å²) in [6.07, 6.45) is 3.66. The van der Waals surface area contributed by atoms with Crippen LogP contribution >= 0.6 is 0 Å². The lowest BCUT2D eigenvalue weighted by Gasteiger charge is -2.04. The summed E-state index contributed by atoms with van der Waals surface area (Å²) in [5.41, 5.74) is 5.78. The van der Waals surface area contributed by atoms with Gasteiger partial charge in [0.15, 0.2) is 0 Å². The molecule has 0 unspecified atom stereocenters. The molecule has 4 aromatic heterocycles. The molecule has 0 saturated carbocycles. The summed E-state index contributed by atoms with van der Waals surface area (Å²) < 4.78 is 15.8. The Morgan fingerprint density at radius 3 is 2.80 bits per heavy atom. The smallest absolute Gasteiger partial charge is 0.201 e. The van der Waals surface area contributed by atoms with Crippen LogP contribution in [0.3, 0.4) is 0 Å². The minimum absolute atomic E-state index is 0.247. The van der Waals surface area contributed by atoms with E-state index in [9.17, 15) is 4.39 Å². The summed E-state index contributed by atoms with van der Waals surface area (Å²) in [7, 11) is 0. The van der Waals surface area contributed by atoms with Gasteiger partial charge in [0, 0.05) is 35.8 Å². The molecule has 5 aromatic rings. The number of aromatic nitrogens is 5. The van der Waals surface area contributed by atoms with Crippen molar-refractivity contribution in [2.45, 2.75) is 13.5 Å². The van der Waals surface area contributed by atoms with Crippen molar-refractivity contribution in [3.8, 4) is 22.6 Å². The molecule has 5 rings (SSSR count). The number of imidazole rings is 1. The number of rotatable bonds is 5. The van der Waals surface area contributed by atoms with Crippen molar-refractivity contribution in [3.05, 3.63) is 90.1 Å². The van der Waals surface area contributed by atoms with Gasteiger partial charge in [0.1, 0.15) is 11.5 Å². The monoisotopic (exact) mass is 398 g/mol. The highest BCUT2D eigenvalue weighted by Crippen LogP contribution is 2.31. The van der Waals surface area contributed by atoms with Crippen molar-refractivity contribution in [1.29, 1.82) is 0 Å². The Labute approximate surface area is 172 Å². The van der Waals surface area contributed by atoms with Gasteiger partial charge in [0.2, 0.25) is 5.95 Å². The first-order valence-corrected chi connectivity index (χ1v) is 9.62. The second kappa shape index (κ2) is 7.44. The van der Waals surface area contributed by atoms with Crippen LogP contribution in [0.15, 0.2) is 73.1 Å². The fraction of sp³-hybridized carbons (Fsp3) is 0.0870. The van der Waals surface area contributed by atoms with Crippen LogP contribution in [-0.4, -0.2) is 24.6 Å². The number of nitrogens with zero attached hydrogens (tertiary/aromatic N) is 4. The maximum atomic E-state index is 14.0. The quantitative estimate of drug-likeness (QED) is 0.444. The van der Waals surface area contributed by atoms with Gasteiger partial charge in [-0.3, -0.25) is 4.98 Å². The van der Waals surface area contributed by atoms with E-state index in [1.165, 1.54) is 6.07 Å². The van der Waals surface area contributed by atoms with Crippen LogP contribution in [0.4, 0.5) is 10.3 Å². The number of hydrogen-bond donors (Lipinski definition) is 2. The van der Waals surface area contributed by atoms with Crippen molar-refractivity contribution in [1.82, 2.24) is 24.6 Å². The molecule has 0 bridgehead atoms. The van der Waals surface area contributed by atoms with Gasteiger partial charge in [-0.15, -0.1) is 0 Å². The first-order chi connectivity index (χ1) is 14.7. The first kappa shape index (κ1) is 18.1. The van der Waals surface area contributed by atoms with E-state index in [4.69, 9.17) is 4.98 Å². The zero-order valence-electron chi connectivity index (χ0n) is 16.3. The lowest BCUT2D eigenvalue weighted by atomic mass is 10.1. The van der Waals surface area contributed by atoms with E-state index in [1.807, 2.05) is 55.6 Å². The number of benzene rings is 1. The molecule has 0 fully saturated rings. The van der Waals surface area contributed by atoms with Crippen LogP contribution < -0.4 is 5.32 Å². The molecule has 1 aromatic carbocycles. The lowest BCUT2D eigenvalue weighted by Crippen LogP contribution is -2.02. The summed E-state index contributed by atoms with van der Waals surface area (Å²) in [4.78, 5) is 12.7. The molecule has 4 heterocycles. The van der Waals surface area contributed by atoms with Gasteiger partial charge in [-0.2, -0.15) is 5.10 Å². The Kier molecular flexibility index (Phi) is 4.48. The largest absolute Gasteiger partial charge is 0.352 e. The molecule has 148 valence electrons. The lowest BCUT2D eigenvalue weighted by molar-refractivity contribution is 0.613. The predicted molar refractivity (Wildman–Crippen MR) is 114 cm³/mol. The molecule has 0 saturated heterocycles. The Morgan fingerprint density at radius 2 is 1.93 bits per heavy atom. The molecule has 0 aliphatic carbocycles. The second-order valence-electron chi connectivity index (χ2n) is 7.03. The van der Waals surface area contributed by atoms with Crippen LogP contribution in [-0.2, 0) is 6.54 Å². The summed E-state index contributed by atoms with van der Waals surface area (Å²) >= 11 is 0. The fourth-order valence-electron chi connectivity index (χ4n) is 3.42. The molecule has 2 N–H and O–H groups in total. The Bertz CT molecular complexity index is 1340. The van der Waals surface area contributed by atoms with Gasteiger partial charge in [0.25, 0.3) is 0 Å². The SMILES string of the molecule is Cc1cccc(-c2[nH]c(NCc3ccccc3F)nc2-c2ccn3nccc3c2)n1. The van der Waals surface area contributed by atoms with Crippen LogP contribution in [0.2, 0.25) is 0 Å². The molecule has 0 radical (unpaired) electrons. The molecular weight excluding hydrogens is 379 g/mol. The van der Waals surface area contributed by atoms with Crippen LogP contribution in [0.1, 0.15) is 11.3 Å². The molecule has 30 heavy (non-hydrogen) atoms. The fourth-order valence-corrected chi connectivity index (χ4v) is 3.42. The van der Waals surface area contributed by atoms with Crippen molar-refractivity contribution < 1.29 is 4.39 Å². The number of fused-ring (bicyclic) bond motifs is 1. The van der Waals surface area contributed by atoms with Crippen LogP contribution in [0, 0.1) is 12.7 Å². The van der Waals surface area contributed by atoms with Gasteiger partial charge < -0.3 is 10.3 Å². The standard InChI is InChI=1S/C23H19FN6/c1-15-5-4-8-20(27-15)22-21(16-10-12-30-18(13-16)9-11-26-30)28-23(29-22)25-14-17-6-2-3-7-19(17)24/h2-13H,14H2,1H3,(H2,25,28,29). The third-order valence-corrected chi connectivity index (χ3v) is 4.93. The number of halogens is 1. The topological polar surface area (TPSA) is 70.9 Å². The molecule has 0 amide bonds. The summed E-state index contributed by atoms with van der Waals surface area (Å²) in [5, 5.41) is 7.45. The van der Waals surface area contributed by atoms with Crippen molar-refractivity contribution in [3.63, 3.8) is 0 Å². The minimum atomic E-state index is -0.247. The molecule has 7 heteroatoms.